The Labute approximate surface area is 144 Å². The molecule has 0 bridgehead atoms. The maximum Gasteiger partial charge on any atom is 2.00 e. The standard InChI is InChI=1S/C19H14O2.W/c1-12-4-3-5-15(8-12)18(20)11-16-10-14-7-6-13(2)9-17(14)19(16)21;/h3-4,6-9H,10H2,1-2H3;/q-2;+2. The van der Waals surface area contributed by atoms with Gasteiger partial charge in [0.25, 0.3) is 0 Å². The topological polar surface area (TPSA) is 34.1 Å². The van der Waals surface area contributed by atoms with E-state index in [0.29, 0.717) is 23.1 Å². The van der Waals surface area contributed by atoms with E-state index >= 15 is 0 Å². The average molecular weight is 458 g/mol. The Hall–Kier alpha value is -1.79. The Morgan fingerprint density at radius 3 is 2.59 bits per heavy atom. The van der Waals surface area contributed by atoms with Gasteiger partial charge in [-0.1, -0.05) is 30.7 Å². The first-order chi connectivity index (χ1) is 10.0. The Balaban J connectivity index is 0.00000176. The largest absolute Gasteiger partial charge is 2.00 e. The SMILES string of the molecule is Cc1cc[c-]c(C(=O)[C-]=C2Cc3ccc(C)cc3C2=O)c1.[W+2]. The van der Waals surface area contributed by atoms with Crippen LogP contribution in [0.3, 0.4) is 0 Å². The van der Waals surface area contributed by atoms with Crippen LogP contribution in [0.2, 0.25) is 0 Å². The first-order valence-electron chi connectivity index (χ1n) is 6.84. The van der Waals surface area contributed by atoms with E-state index in [4.69, 9.17) is 0 Å². The number of ketones is 2. The molecule has 0 spiro atoms. The Morgan fingerprint density at radius 2 is 1.86 bits per heavy atom. The number of allylic oxidation sites excluding steroid dienone is 2. The van der Waals surface area contributed by atoms with Gasteiger partial charge in [0.15, 0.2) is 0 Å². The molecular weight excluding hydrogens is 444 g/mol. The second kappa shape index (κ2) is 6.54. The maximum absolute atomic E-state index is 12.3. The van der Waals surface area contributed by atoms with Gasteiger partial charge in [0.05, 0.1) is 5.78 Å². The van der Waals surface area contributed by atoms with Crippen molar-refractivity contribution in [3.8, 4) is 0 Å². The minimum Gasteiger partial charge on any atom is -0.376 e. The number of aryl methyl sites for hydroxylation is 2. The normalized spacial score (nSPS) is 14.6. The first kappa shape index (κ1) is 16.6. The molecule has 0 atom stereocenters. The van der Waals surface area contributed by atoms with Crippen LogP contribution in [-0.2, 0) is 27.5 Å². The molecule has 3 heteroatoms. The van der Waals surface area contributed by atoms with Crippen LogP contribution in [0.5, 0.6) is 0 Å². The van der Waals surface area contributed by atoms with Crippen molar-refractivity contribution in [1.82, 2.24) is 0 Å². The summed E-state index contributed by atoms with van der Waals surface area (Å²) in [6.07, 6.45) is 3.21. The molecule has 0 radical (unpaired) electrons. The number of hydrogen-bond donors (Lipinski definition) is 0. The number of fused-ring (bicyclic) bond motifs is 1. The molecule has 108 valence electrons. The van der Waals surface area contributed by atoms with Crippen molar-refractivity contribution >= 4 is 11.6 Å². The van der Waals surface area contributed by atoms with Gasteiger partial charge in [0.2, 0.25) is 0 Å². The number of hydrogen-bond acceptors (Lipinski definition) is 2. The van der Waals surface area contributed by atoms with E-state index in [2.05, 4.69) is 12.1 Å². The van der Waals surface area contributed by atoms with Crippen LogP contribution in [0.4, 0.5) is 0 Å². The van der Waals surface area contributed by atoms with Crippen molar-refractivity contribution in [3.63, 3.8) is 0 Å². The molecule has 0 saturated carbocycles. The molecular formula is C19H14O2W. The van der Waals surface area contributed by atoms with Gasteiger partial charge in [-0.2, -0.15) is 18.2 Å². The maximum atomic E-state index is 12.3. The van der Waals surface area contributed by atoms with Gasteiger partial charge in [-0.25, -0.2) is 11.6 Å². The molecule has 2 nitrogen and oxygen atoms in total. The number of carbonyl (C=O) groups is 2. The van der Waals surface area contributed by atoms with Gasteiger partial charge < -0.3 is 9.59 Å². The van der Waals surface area contributed by atoms with Gasteiger partial charge in [0, 0.05) is 0 Å². The van der Waals surface area contributed by atoms with Crippen molar-refractivity contribution in [3.05, 3.63) is 81.9 Å². The first-order valence-corrected chi connectivity index (χ1v) is 6.84. The summed E-state index contributed by atoms with van der Waals surface area (Å²) in [6.45, 7) is 3.86. The van der Waals surface area contributed by atoms with Crippen molar-refractivity contribution in [2.24, 2.45) is 0 Å². The van der Waals surface area contributed by atoms with E-state index in [-0.39, 0.29) is 32.6 Å². The average Bonchev–Trinajstić information content (AvgIpc) is 2.76. The van der Waals surface area contributed by atoms with Crippen molar-refractivity contribution in [1.29, 1.82) is 0 Å². The molecule has 0 heterocycles. The summed E-state index contributed by atoms with van der Waals surface area (Å²) < 4.78 is 0. The van der Waals surface area contributed by atoms with E-state index < -0.39 is 0 Å². The summed E-state index contributed by atoms with van der Waals surface area (Å²) in [5, 5.41) is 0. The zero-order valence-electron chi connectivity index (χ0n) is 12.4. The Kier molecular flexibility index (Phi) is 4.93. The fraction of sp³-hybridized carbons (Fsp3) is 0.158. The van der Waals surface area contributed by atoms with Gasteiger partial charge in [-0.05, 0) is 30.3 Å². The van der Waals surface area contributed by atoms with Crippen LogP contribution >= 0.6 is 0 Å². The minimum atomic E-state index is -0.286. The van der Waals surface area contributed by atoms with E-state index in [1.165, 1.54) is 0 Å². The molecule has 0 saturated heterocycles. The van der Waals surface area contributed by atoms with Crippen LogP contribution < -0.4 is 0 Å². The molecule has 0 unspecified atom stereocenters. The number of benzene rings is 2. The Bertz CT molecular complexity index is 788. The van der Waals surface area contributed by atoms with Crippen molar-refractivity contribution in [2.75, 3.05) is 0 Å². The summed E-state index contributed by atoms with van der Waals surface area (Å²) >= 11 is 0. The summed E-state index contributed by atoms with van der Waals surface area (Å²) in [4.78, 5) is 24.5. The van der Waals surface area contributed by atoms with E-state index in [9.17, 15) is 9.59 Å². The van der Waals surface area contributed by atoms with Gasteiger partial charge >= 0.3 is 21.1 Å². The zero-order chi connectivity index (χ0) is 15.0. The second-order valence-electron chi connectivity index (χ2n) is 5.38. The molecule has 2 aromatic carbocycles. The predicted octanol–water partition coefficient (Wildman–Crippen LogP) is 3.45. The minimum absolute atomic E-state index is 0. The predicted molar refractivity (Wildman–Crippen MR) is 80.3 cm³/mol. The van der Waals surface area contributed by atoms with Gasteiger partial charge in [0.1, 0.15) is 0 Å². The third-order valence-corrected chi connectivity index (χ3v) is 3.62. The second-order valence-corrected chi connectivity index (χ2v) is 5.38. The zero-order valence-corrected chi connectivity index (χ0v) is 15.3. The third-order valence-electron chi connectivity index (χ3n) is 3.62. The van der Waals surface area contributed by atoms with Gasteiger partial charge in [-0.15, -0.1) is 17.2 Å². The van der Waals surface area contributed by atoms with Crippen LogP contribution in [0.25, 0.3) is 0 Å². The molecule has 0 fully saturated rings. The van der Waals surface area contributed by atoms with Crippen LogP contribution in [-0.4, -0.2) is 11.6 Å². The fourth-order valence-corrected chi connectivity index (χ4v) is 2.51. The molecule has 1 aliphatic rings. The van der Waals surface area contributed by atoms with Crippen molar-refractivity contribution in [2.45, 2.75) is 20.3 Å². The number of Topliss-reactive ketones (excluding diaryl/α,β-unsaturated/α-hetero) is 2. The molecule has 22 heavy (non-hydrogen) atoms. The van der Waals surface area contributed by atoms with Gasteiger partial charge in [-0.3, -0.25) is 0 Å². The summed E-state index contributed by atoms with van der Waals surface area (Å²) in [5.41, 5.74) is 4.58. The van der Waals surface area contributed by atoms with Crippen molar-refractivity contribution < 1.29 is 30.7 Å². The summed E-state index contributed by atoms with van der Waals surface area (Å²) in [7, 11) is 0. The molecule has 2 aromatic rings. The quantitative estimate of drug-likeness (QED) is 0.393. The Morgan fingerprint density at radius 1 is 1.14 bits per heavy atom. The molecule has 1 aliphatic carbocycles. The molecule has 3 rings (SSSR count). The summed E-state index contributed by atoms with van der Waals surface area (Å²) in [6, 6.07) is 14.0. The number of rotatable bonds is 2. The van der Waals surface area contributed by atoms with Crippen LogP contribution in [0, 0.1) is 26.0 Å². The molecule has 0 aromatic heterocycles. The summed E-state index contributed by atoms with van der Waals surface area (Å²) in [5.74, 6) is -0.374. The third kappa shape index (κ3) is 3.18. The molecule has 0 N–H and O–H groups in total. The van der Waals surface area contributed by atoms with E-state index in [0.717, 1.165) is 16.7 Å². The molecule has 0 amide bonds. The van der Waals surface area contributed by atoms with E-state index in [1.54, 1.807) is 12.1 Å². The number of carbonyl (C=O) groups excluding carboxylic acids is 2. The smallest absolute Gasteiger partial charge is 0.376 e. The van der Waals surface area contributed by atoms with Crippen LogP contribution in [0.1, 0.15) is 37.4 Å². The monoisotopic (exact) mass is 458 g/mol. The molecule has 0 aliphatic heterocycles. The van der Waals surface area contributed by atoms with E-state index in [1.807, 2.05) is 38.1 Å². The fourth-order valence-electron chi connectivity index (χ4n) is 2.51. The van der Waals surface area contributed by atoms with Crippen LogP contribution in [0.15, 0.2) is 42.0 Å².